The number of carbonyl (C=O) groups is 1. The minimum atomic E-state index is -0.329. The Hall–Kier alpha value is -2.28. The summed E-state index contributed by atoms with van der Waals surface area (Å²) >= 11 is 1.28. The SMILES string of the molecule is Cc1cc(N)nc(S[C@@H](C)C(=O)Nc2ccc(N(C)C)cc2)n1. The zero-order valence-electron chi connectivity index (χ0n) is 13.7. The minimum absolute atomic E-state index is 0.101. The molecule has 1 atom stereocenters. The van der Waals surface area contributed by atoms with Gasteiger partial charge in [0.2, 0.25) is 5.91 Å². The summed E-state index contributed by atoms with van der Waals surface area (Å²) in [6, 6.07) is 9.37. The summed E-state index contributed by atoms with van der Waals surface area (Å²) in [6.07, 6.45) is 0. The lowest BCUT2D eigenvalue weighted by atomic mass is 10.2. The molecule has 1 aromatic heterocycles. The van der Waals surface area contributed by atoms with Crippen LogP contribution in [-0.2, 0) is 4.79 Å². The molecule has 3 N–H and O–H groups in total. The average molecular weight is 331 g/mol. The van der Waals surface area contributed by atoms with Crippen LogP contribution in [0.2, 0.25) is 0 Å². The van der Waals surface area contributed by atoms with E-state index < -0.39 is 0 Å². The molecule has 0 saturated heterocycles. The predicted octanol–water partition coefficient (Wildman–Crippen LogP) is 2.55. The predicted molar refractivity (Wildman–Crippen MR) is 95.9 cm³/mol. The normalized spacial score (nSPS) is 11.8. The summed E-state index contributed by atoms with van der Waals surface area (Å²) in [5.74, 6) is 0.308. The minimum Gasteiger partial charge on any atom is -0.384 e. The molecule has 0 unspecified atom stereocenters. The molecule has 0 saturated carbocycles. The van der Waals surface area contributed by atoms with Gasteiger partial charge in [0.25, 0.3) is 0 Å². The molecule has 7 heteroatoms. The van der Waals surface area contributed by atoms with Gasteiger partial charge in [-0.05, 0) is 38.1 Å². The van der Waals surface area contributed by atoms with Crippen molar-refractivity contribution in [3.8, 4) is 0 Å². The topological polar surface area (TPSA) is 84.1 Å². The molecule has 0 aliphatic heterocycles. The summed E-state index contributed by atoms with van der Waals surface area (Å²) < 4.78 is 0. The van der Waals surface area contributed by atoms with E-state index in [0.717, 1.165) is 17.1 Å². The monoisotopic (exact) mass is 331 g/mol. The summed E-state index contributed by atoms with van der Waals surface area (Å²) in [4.78, 5) is 22.7. The molecule has 0 radical (unpaired) electrons. The van der Waals surface area contributed by atoms with Crippen LogP contribution >= 0.6 is 11.8 Å². The first kappa shape index (κ1) is 17.1. The van der Waals surface area contributed by atoms with Gasteiger partial charge in [0.05, 0.1) is 5.25 Å². The highest BCUT2D eigenvalue weighted by molar-refractivity contribution is 8.00. The second kappa shape index (κ2) is 7.32. The van der Waals surface area contributed by atoms with E-state index in [2.05, 4.69) is 15.3 Å². The molecule has 1 amide bonds. The van der Waals surface area contributed by atoms with Gasteiger partial charge in [0, 0.05) is 37.2 Å². The lowest BCUT2D eigenvalue weighted by molar-refractivity contribution is -0.115. The van der Waals surface area contributed by atoms with Crippen molar-refractivity contribution >= 4 is 34.9 Å². The largest absolute Gasteiger partial charge is 0.384 e. The quantitative estimate of drug-likeness (QED) is 0.647. The van der Waals surface area contributed by atoms with Crippen LogP contribution in [0.3, 0.4) is 0 Å². The Kier molecular flexibility index (Phi) is 5.44. The Morgan fingerprint density at radius 1 is 1.26 bits per heavy atom. The molecule has 0 bridgehead atoms. The molecular formula is C16H21N5OS. The van der Waals surface area contributed by atoms with Crippen LogP contribution < -0.4 is 16.0 Å². The highest BCUT2D eigenvalue weighted by Crippen LogP contribution is 2.22. The van der Waals surface area contributed by atoms with Gasteiger partial charge >= 0.3 is 0 Å². The number of hydrogen-bond donors (Lipinski definition) is 2. The number of aryl methyl sites for hydroxylation is 1. The number of nitrogens with one attached hydrogen (secondary N) is 1. The van der Waals surface area contributed by atoms with Crippen molar-refractivity contribution in [2.75, 3.05) is 30.0 Å². The van der Waals surface area contributed by atoms with Crippen LogP contribution in [0.4, 0.5) is 17.2 Å². The van der Waals surface area contributed by atoms with E-state index in [1.165, 1.54) is 11.8 Å². The van der Waals surface area contributed by atoms with Crippen molar-refractivity contribution in [2.24, 2.45) is 0 Å². The maximum absolute atomic E-state index is 12.3. The lowest BCUT2D eigenvalue weighted by Gasteiger charge is -2.14. The van der Waals surface area contributed by atoms with E-state index in [4.69, 9.17) is 5.73 Å². The molecule has 6 nitrogen and oxygen atoms in total. The summed E-state index contributed by atoms with van der Waals surface area (Å²) in [7, 11) is 3.94. The number of hydrogen-bond acceptors (Lipinski definition) is 6. The number of anilines is 3. The first-order chi connectivity index (χ1) is 10.8. The van der Waals surface area contributed by atoms with Gasteiger partial charge in [-0.3, -0.25) is 4.79 Å². The zero-order chi connectivity index (χ0) is 17.0. The van der Waals surface area contributed by atoms with E-state index in [1.54, 1.807) is 6.07 Å². The standard InChI is InChI=1S/C16H21N5OS/c1-10-9-14(17)20-16(18-10)23-11(2)15(22)19-12-5-7-13(8-6-12)21(3)4/h5-9,11H,1-4H3,(H,19,22)(H2,17,18,20)/t11-/m0/s1. The summed E-state index contributed by atoms with van der Waals surface area (Å²) in [5, 5.41) is 3.07. The highest BCUT2D eigenvalue weighted by atomic mass is 32.2. The van der Waals surface area contributed by atoms with E-state index >= 15 is 0 Å². The number of nitrogens with zero attached hydrogens (tertiary/aromatic N) is 3. The maximum atomic E-state index is 12.3. The van der Waals surface area contributed by atoms with Crippen LogP contribution in [0, 0.1) is 6.92 Å². The van der Waals surface area contributed by atoms with E-state index in [0.29, 0.717) is 11.0 Å². The molecule has 2 aromatic rings. The van der Waals surface area contributed by atoms with Crippen molar-refractivity contribution < 1.29 is 4.79 Å². The average Bonchev–Trinajstić information content (AvgIpc) is 2.46. The maximum Gasteiger partial charge on any atom is 0.237 e. The second-order valence-electron chi connectivity index (χ2n) is 5.41. The van der Waals surface area contributed by atoms with Crippen molar-refractivity contribution in [1.29, 1.82) is 0 Å². The molecule has 2 rings (SSSR count). The number of nitrogens with two attached hydrogens (primary N) is 1. The van der Waals surface area contributed by atoms with Gasteiger partial charge in [-0.1, -0.05) is 11.8 Å². The third-order valence-corrected chi connectivity index (χ3v) is 4.12. The summed E-state index contributed by atoms with van der Waals surface area (Å²) in [6.45, 7) is 3.66. The Morgan fingerprint density at radius 3 is 2.48 bits per heavy atom. The van der Waals surface area contributed by atoms with Crippen LogP contribution in [0.5, 0.6) is 0 Å². The Bertz CT molecular complexity index is 667. The van der Waals surface area contributed by atoms with E-state index in [1.807, 2.05) is 57.1 Å². The van der Waals surface area contributed by atoms with Gasteiger partial charge in [0.15, 0.2) is 5.16 Å². The van der Waals surface area contributed by atoms with Crippen LogP contribution in [-0.4, -0.2) is 35.2 Å². The third kappa shape index (κ3) is 4.85. The van der Waals surface area contributed by atoms with Crippen LogP contribution in [0.1, 0.15) is 12.6 Å². The van der Waals surface area contributed by atoms with E-state index in [9.17, 15) is 4.79 Å². The fourth-order valence-electron chi connectivity index (χ4n) is 1.92. The number of benzene rings is 1. The molecule has 0 fully saturated rings. The van der Waals surface area contributed by atoms with Gasteiger partial charge in [-0.2, -0.15) is 0 Å². The fourth-order valence-corrected chi connectivity index (χ4v) is 2.75. The first-order valence-corrected chi connectivity index (χ1v) is 8.09. The summed E-state index contributed by atoms with van der Waals surface area (Å²) in [5.41, 5.74) is 8.33. The van der Waals surface area contributed by atoms with Crippen molar-refractivity contribution in [2.45, 2.75) is 24.3 Å². The molecule has 0 aliphatic carbocycles. The number of rotatable bonds is 5. The van der Waals surface area contributed by atoms with Crippen LogP contribution in [0.15, 0.2) is 35.5 Å². The Labute approximate surface area is 140 Å². The smallest absolute Gasteiger partial charge is 0.237 e. The Balaban J connectivity index is 1.99. The van der Waals surface area contributed by atoms with Gasteiger partial charge < -0.3 is 16.0 Å². The highest BCUT2D eigenvalue weighted by Gasteiger charge is 2.16. The molecule has 1 aromatic carbocycles. The molecule has 0 spiro atoms. The second-order valence-corrected chi connectivity index (χ2v) is 6.72. The number of carbonyl (C=O) groups excluding carboxylic acids is 1. The molecular weight excluding hydrogens is 310 g/mol. The van der Waals surface area contributed by atoms with E-state index in [-0.39, 0.29) is 11.2 Å². The fraction of sp³-hybridized carbons (Fsp3) is 0.312. The molecule has 23 heavy (non-hydrogen) atoms. The molecule has 0 aliphatic rings. The van der Waals surface area contributed by atoms with Gasteiger partial charge in [-0.15, -0.1) is 0 Å². The van der Waals surface area contributed by atoms with Crippen molar-refractivity contribution in [3.05, 3.63) is 36.0 Å². The van der Waals surface area contributed by atoms with Gasteiger partial charge in [-0.25, -0.2) is 9.97 Å². The number of aromatic nitrogens is 2. The number of nitrogen functional groups attached to an aromatic ring is 1. The molecule has 122 valence electrons. The van der Waals surface area contributed by atoms with Crippen molar-refractivity contribution in [1.82, 2.24) is 9.97 Å². The Morgan fingerprint density at radius 2 is 1.91 bits per heavy atom. The first-order valence-electron chi connectivity index (χ1n) is 7.21. The molecule has 1 heterocycles. The third-order valence-electron chi connectivity index (χ3n) is 3.16. The van der Waals surface area contributed by atoms with Gasteiger partial charge in [0.1, 0.15) is 5.82 Å². The van der Waals surface area contributed by atoms with Crippen LogP contribution in [0.25, 0.3) is 0 Å². The van der Waals surface area contributed by atoms with Crippen molar-refractivity contribution in [3.63, 3.8) is 0 Å². The number of thioether (sulfide) groups is 1. The zero-order valence-corrected chi connectivity index (χ0v) is 14.5. The number of amides is 1. The lowest BCUT2D eigenvalue weighted by Crippen LogP contribution is -2.22.